The Hall–Kier alpha value is -13.2. The second kappa shape index (κ2) is 44.5. The van der Waals surface area contributed by atoms with E-state index < -0.39 is 0 Å². The number of hydrogen-bond acceptors (Lipinski definition) is 24. The fourth-order valence-corrected chi connectivity index (χ4v) is 20.4. The first-order valence-corrected chi connectivity index (χ1v) is 49.7. The number of aryl methyl sites for hydroxylation is 8. The number of aromatic nitrogens is 16. The van der Waals surface area contributed by atoms with Crippen LogP contribution in [0.25, 0.3) is 134 Å². The van der Waals surface area contributed by atoms with Gasteiger partial charge in [-0.05, 0) is 255 Å². The summed E-state index contributed by atoms with van der Waals surface area (Å²) in [6, 6.07) is 49.1. The molecular formula is C108H116Cl4N24O4. The molecule has 1 aliphatic carbocycles. The van der Waals surface area contributed by atoms with Crippen molar-refractivity contribution in [2.45, 2.75) is 164 Å². The van der Waals surface area contributed by atoms with Crippen molar-refractivity contribution in [3.63, 3.8) is 0 Å². The highest BCUT2D eigenvalue weighted by Gasteiger charge is 2.28. The van der Waals surface area contributed by atoms with Crippen molar-refractivity contribution in [1.82, 2.24) is 98.5 Å². The van der Waals surface area contributed by atoms with E-state index in [1.807, 2.05) is 207 Å². The van der Waals surface area contributed by atoms with Gasteiger partial charge in [-0.2, -0.15) is 19.9 Å². The lowest BCUT2D eigenvalue weighted by molar-refractivity contribution is 0.255. The third-order valence-electron chi connectivity index (χ3n) is 26.4. The van der Waals surface area contributed by atoms with Crippen LogP contribution in [-0.4, -0.2) is 179 Å². The van der Waals surface area contributed by atoms with E-state index in [-0.39, 0.29) is 28.3 Å². The van der Waals surface area contributed by atoms with E-state index in [0.29, 0.717) is 155 Å². The maximum absolute atomic E-state index is 13.6. The third kappa shape index (κ3) is 22.3. The molecule has 16 aromatic rings. The summed E-state index contributed by atoms with van der Waals surface area (Å²) in [5.74, 6) is 2.97. The highest BCUT2D eigenvalue weighted by molar-refractivity contribution is 6.35. The summed E-state index contributed by atoms with van der Waals surface area (Å²) >= 11 is 26.8. The van der Waals surface area contributed by atoms with Crippen molar-refractivity contribution in [2.24, 2.45) is 5.92 Å². The van der Waals surface area contributed by atoms with Crippen LogP contribution in [0.2, 0.25) is 20.1 Å². The molecule has 0 spiro atoms. The summed E-state index contributed by atoms with van der Waals surface area (Å²) in [7, 11) is 6.40. The number of nitrogens with zero attached hydrogens (tertiary/aromatic N) is 18. The number of piperidine rings is 2. The Morgan fingerprint density at radius 1 is 0.371 bits per heavy atom. The number of benzene rings is 4. The quantitative estimate of drug-likeness (QED) is 0.0367. The Balaban J connectivity index is 0.000000129. The Labute approximate surface area is 833 Å². The lowest BCUT2D eigenvalue weighted by Gasteiger charge is -2.30. The molecule has 3 saturated heterocycles. The Kier molecular flexibility index (Phi) is 31.3. The van der Waals surface area contributed by atoms with Gasteiger partial charge in [0.1, 0.15) is 22.6 Å². The second-order valence-corrected chi connectivity index (χ2v) is 38.3. The smallest absolute Gasteiger partial charge is 0.260 e. The molecule has 4 aromatic carbocycles. The van der Waals surface area contributed by atoms with Crippen molar-refractivity contribution in [1.29, 1.82) is 0 Å². The molecule has 720 valence electrons. The van der Waals surface area contributed by atoms with Gasteiger partial charge >= 0.3 is 0 Å². The minimum absolute atomic E-state index is 0.114. The van der Waals surface area contributed by atoms with Crippen molar-refractivity contribution in [3.8, 4) is 89.5 Å². The average molecular weight is 1960 g/mol. The molecule has 0 radical (unpaired) electrons. The molecule has 140 heavy (non-hydrogen) atoms. The van der Waals surface area contributed by atoms with Gasteiger partial charge in [0, 0.05) is 234 Å². The normalized spacial score (nSPS) is 16.6. The van der Waals surface area contributed by atoms with Gasteiger partial charge in [-0.15, -0.1) is 0 Å². The number of rotatable bonds is 22. The van der Waals surface area contributed by atoms with Crippen LogP contribution in [0.1, 0.15) is 108 Å². The van der Waals surface area contributed by atoms with Crippen molar-refractivity contribution in [3.05, 3.63) is 279 Å². The summed E-state index contributed by atoms with van der Waals surface area (Å²) < 4.78 is 6.76. The van der Waals surface area contributed by atoms with Crippen LogP contribution in [0.4, 0.5) is 23.8 Å². The summed E-state index contributed by atoms with van der Waals surface area (Å²) in [6.07, 6.45) is 22.5. The average Bonchev–Trinajstić information content (AvgIpc) is 0.777. The van der Waals surface area contributed by atoms with Crippen LogP contribution < -0.4 is 54.1 Å². The van der Waals surface area contributed by atoms with Crippen molar-refractivity contribution in [2.75, 3.05) is 88.2 Å². The van der Waals surface area contributed by atoms with E-state index in [4.69, 9.17) is 61.4 Å². The molecule has 6 N–H and O–H groups in total. The molecule has 3 atom stereocenters. The molecule has 20 rings (SSSR count). The first kappa shape index (κ1) is 98.4. The number of anilines is 4. The Morgan fingerprint density at radius 2 is 0.729 bits per heavy atom. The predicted octanol–water partition coefficient (Wildman–Crippen LogP) is 20.0. The minimum Gasteiger partial charge on any atom is -0.351 e. The lowest BCUT2D eigenvalue weighted by Crippen LogP contribution is -2.40. The van der Waals surface area contributed by atoms with Gasteiger partial charge in [-0.25, -0.2) is 19.9 Å². The van der Waals surface area contributed by atoms with Crippen LogP contribution in [0.3, 0.4) is 0 Å². The molecule has 0 amide bonds. The van der Waals surface area contributed by atoms with Gasteiger partial charge in [0.05, 0.1) is 22.8 Å². The number of nitrogens with one attached hydrogen (secondary N) is 6. The molecule has 4 aliphatic rings. The molecule has 15 heterocycles. The van der Waals surface area contributed by atoms with Crippen LogP contribution in [0.15, 0.2) is 214 Å². The van der Waals surface area contributed by atoms with Crippen LogP contribution in [-0.2, 0) is 26.2 Å². The van der Waals surface area contributed by atoms with Crippen LogP contribution in [0, 0.1) is 33.6 Å². The number of fused-ring (bicyclic) bond motifs is 4. The van der Waals surface area contributed by atoms with Crippen LogP contribution >= 0.6 is 46.4 Å². The second-order valence-electron chi connectivity index (χ2n) is 36.7. The largest absolute Gasteiger partial charge is 0.351 e. The summed E-state index contributed by atoms with van der Waals surface area (Å²) in [6.45, 7) is 24.8. The summed E-state index contributed by atoms with van der Waals surface area (Å²) in [5.41, 5.74) is 18.2. The Bertz CT molecular complexity index is 7520. The lowest BCUT2D eigenvalue weighted by atomic mass is 9.86. The predicted molar refractivity (Wildman–Crippen MR) is 568 cm³/mol. The number of likely N-dealkylation sites (tertiary alicyclic amines) is 1. The van der Waals surface area contributed by atoms with E-state index in [0.717, 1.165) is 186 Å². The molecule has 0 bridgehead atoms. The number of halogens is 4. The molecule has 1 saturated carbocycles. The number of hydrogen-bond donors (Lipinski definition) is 6. The number of likely N-dealkylation sites (N-methyl/N-ethyl adjacent to an activating group) is 1. The van der Waals surface area contributed by atoms with E-state index in [9.17, 15) is 19.2 Å². The summed E-state index contributed by atoms with van der Waals surface area (Å²) in [4.78, 5) is 114. The molecule has 4 fully saturated rings. The first-order valence-electron chi connectivity index (χ1n) is 48.2. The van der Waals surface area contributed by atoms with Gasteiger partial charge in [0.25, 0.3) is 22.2 Å². The highest BCUT2D eigenvalue weighted by Crippen LogP contribution is 2.39. The van der Waals surface area contributed by atoms with E-state index in [1.54, 1.807) is 61.6 Å². The monoisotopic (exact) mass is 1950 g/mol. The molecule has 2 unspecified atom stereocenters. The zero-order chi connectivity index (χ0) is 97.9. The molecule has 12 aromatic heterocycles. The fourth-order valence-electron chi connectivity index (χ4n) is 19.2. The van der Waals surface area contributed by atoms with E-state index >= 15 is 0 Å². The molecule has 3 aliphatic heterocycles. The molecule has 32 heteroatoms. The van der Waals surface area contributed by atoms with E-state index in [1.165, 1.54) is 12.8 Å². The third-order valence-corrected chi connectivity index (χ3v) is 27.7. The van der Waals surface area contributed by atoms with Gasteiger partial charge in [-0.3, -0.25) is 57.4 Å². The van der Waals surface area contributed by atoms with Crippen molar-refractivity contribution < 1.29 is 0 Å². The fraction of sp³-hybridized carbons (Fsp3) is 0.333. The summed E-state index contributed by atoms with van der Waals surface area (Å²) in [5, 5.41) is 25.7. The zero-order valence-corrected chi connectivity index (χ0v) is 83.7. The molecule has 28 nitrogen and oxygen atoms in total. The first-order chi connectivity index (χ1) is 67.8. The van der Waals surface area contributed by atoms with Crippen LogP contribution in [0.5, 0.6) is 0 Å². The Morgan fingerprint density at radius 3 is 1.07 bits per heavy atom. The maximum Gasteiger partial charge on any atom is 0.260 e. The SMILES string of the molecule is CCn1c(=O)c(-c2ccc(-c3cccc(C)n3)cc2Cl)cc2cnc(NC3CCC(CN(C)C)CC3)nc21.CCn1c(=O)c(-c2ccc(-c3ncccc3C)cc2Cl)cc2cnc(NC3CCCN(C)C3)nc21.CCn1c(=O)c(-c2ccc(-c3ncccc3C)cc2Cl)cc2cnc(NC3CCCNC3)nc21.CCn1c(=O)c(-c2ccc(-c3ncccc3C)cc2Cl)cc2cnc(N[C@@H]3CCNC3)nc21. The zero-order valence-electron chi connectivity index (χ0n) is 80.7. The van der Waals surface area contributed by atoms with Gasteiger partial charge in [-0.1, -0.05) is 119 Å². The van der Waals surface area contributed by atoms with Crippen molar-refractivity contribution >= 4 is 114 Å². The molecular weight excluding hydrogens is 1840 g/mol. The van der Waals surface area contributed by atoms with Gasteiger partial charge < -0.3 is 41.7 Å². The van der Waals surface area contributed by atoms with Gasteiger partial charge in [0.15, 0.2) is 0 Å². The van der Waals surface area contributed by atoms with Gasteiger partial charge in [0.2, 0.25) is 23.8 Å². The standard InChI is InChI=1S/C30H35ClN6O.C27H29ClN6O.C26H27ClN6O.C25H25ClN6O/c1-5-37-28-22(17-32-30(35-28)34-23-12-9-20(10-13-23)18-36(3)4)15-25(29(37)38)24-14-11-21(16-26(24)31)27-8-6-7-19(2)33-27;1-4-34-25-19(15-30-27(32-25)31-20-8-6-12-33(3)16-20)13-22(26(34)35)21-10-9-18(14-23(21)28)24-17(2)7-5-11-29-24;1-3-33-24-18(14-30-26(32-24)31-19-7-5-10-28-15-19)12-21(25(33)34)20-9-8-17(13-22(20)27)23-16(2)6-4-11-29-23;1-3-32-23-17(13-29-25(31-23)30-18-8-10-27-14-18)11-20(24(32)33)19-7-6-16(12-21(19)26)22-15(2)5-4-9-28-22/h6-8,11,14-17,20,23H,5,9-10,12-13,18H2,1-4H3,(H,32,34,35);5,7,9-11,13-15,20H,4,6,8,12,16H2,1-3H3,(H,30,31,32);4,6,8-9,11-14,19,28H,3,5,7,10,15H2,1-2H3,(H,30,31,32);4-7,9,11-13,18,27H,3,8,10,14H2,1-2H3,(H,29,30,31)/t;;;18-/m...1/s1. The minimum atomic E-state index is -0.124. The number of pyridine rings is 8. The topological polar surface area (TPSA) is 321 Å². The highest BCUT2D eigenvalue weighted by atomic mass is 35.5. The maximum atomic E-state index is 13.6. The van der Waals surface area contributed by atoms with E-state index in [2.05, 4.69) is 108 Å².